The van der Waals surface area contributed by atoms with Crippen molar-refractivity contribution in [3.05, 3.63) is 33.3 Å². The Morgan fingerprint density at radius 3 is 2.78 bits per heavy atom. The van der Waals surface area contributed by atoms with Crippen LogP contribution in [0.3, 0.4) is 0 Å². The number of aromatic nitrogens is 2. The number of thiophene rings is 2. The number of fused-ring (bicyclic) bond motifs is 3. The van der Waals surface area contributed by atoms with Crippen molar-refractivity contribution in [3.63, 3.8) is 0 Å². The van der Waals surface area contributed by atoms with E-state index in [1.807, 2.05) is 0 Å². The summed E-state index contributed by atoms with van der Waals surface area (Å²) < 4.78 is 27.7. The maximum atomic E-state index is 12.1. The van der Waals surface area contributed by atoms with Gasteiger partial charge >= 0.3 is 5.97 Å². The van der Waals surface area contributed by atoms with Gasteiger partial charge in [0.25, 0.3) is 0 Å². The van der Waals surface area contributed by atoms with Gasteiger partial charge in [-0.1, -0.05) is 0 Å². The van der Waals surface area contributed by atoms with Crippen LogP contribution in [0, 0.1) is 0 Å². The molecule has 3 aromatic heterocycles. The first-order valence-electron chi connectivity index (χ1n) is 8.18. The molecule has 0 unspecified atom stereocenters. The summed E-state index contributed by atoms with van der Waals surface area (Å²) in [5.41, 5.74) is 7.49. The van der Waals surface area contributed by atoms with Crippen LogP contribution in [0.4, 0.5) is 5.82 Å². The molecule has 3 heterocycles. The van der Waals surface area contributed by atoms with Crippen molar-refractivity contribution in [2.75, 3.05) is 5.73 Å². The first-order valence-corrected chi connectivity index (χ1v) is 11.4. The number of nitrogen functional groups attached to an aromatic ring is 1. The monoisotopic (exact) mass is 424 g/mol. The molecule has 0 saturated heterocycles. The Balaban J connectivity index is 1.53. The number of hydrogen-bond donors (Lipinski definition) is 2. The summed E-state index contributed by atoms with van der Waals surface area (Å²) in [5.74, 6) is 0.0419. The number of carbonyl (C=O) groups is 1. The number of primary sulfonamides is 1. The molecule has 0 bridgehead atoms. The molecule has 4 N–H and O–H groups in total. The average Bonchev–Trinajstić information content (AvgIpc) is 3.24. The van der Waals surface area contributed by atoms with Gasteiger partial charge in [-0.2, -0.15) is 0 Å². The lowest BCUT2D eigenvalue weighted by molar-refractivity contribution is 0.0463. The molecule has 0 atom stereocenters. The number of hydrogen-bond acceptors (Lipinski definition) is 9. The van der Waals surface area contributed by atoms with Crippen molar-refractivity contribution in [2.24, 2.45) is 5.14 Å². The highest BCUT2D eigenvalue weighted by Crippen LogP contribution is 2.37. The van der Waals surface area contributed by atoms with Gasteiger partial charge in [0, 0.05) is 10.3 Å². The van der Waals surface area contributed by atoms with Gasteiger partial charge in [-0.25, -0.2) is 28.3 Å². The van der Waals surface area contributed by atoms with Gasteiger partial charge in [0.05, 0.1) is 10.9 Å². The number of nitrogens with zero attached hydrogens (tertiary/aromatic N) is 2. The largest absolute Gasteiger partial charge is 0.454 e. The molecule has 3 aromatic rings. The summed E-state index contributed by atoms with van der Waals surface area (Å²) in [4.78, 5) is 23.0. The number of ether oxygens (including phenoxy) is 1. The van der Waals surface area contributed by atoms with Crippen molar-refractivity contribution < 1.29 is 17.9 Å². The van der Waals surface area contributed by atoms with Crippen LogP contribution >= 0.6 is 22.7 Å². The van der Waals surface area contributed by atoms with Gasteiger partial charge < -0.3 is 10.5 Å². The lowest BCUT2D eigenvalue weighted by Crippen LogP contribution is -2.11. The smallest absolute Gasteiger partial charge is 0.339 e. The van der Waals surface area contributed by atoms with E-state index in [-0.39, 0.29) is 16.4 Å². The Hall–Kier alpha value is -2.08. The lowest BCUT2D eigenvalue weighted by Gasteiger charge is -2.10. The van der Waals surface area contributed by atoms with Crippen LogP contribution in [-0.2, 0) is 34.2 Å². The third-order valence-electron chi connectivity index (χ3n) is 4.31. The quantitative estimate of drug-likeness (QED) is 0.612. The molecule has 0 saturated carbocycles. The third kappa shape index (κ3) is 3.55. The van der Waals surface area contributed by atoms with E-state index in [9.17, 15) is 13.2 Å². The molecular weight excluding hydrogens is 408 g/mol. The van der Waals surface area contributed by atoms with E-state index >= 15 is 0 Å². The van der Waals surface area contributed by atoms with E-state index < -0.39 is 16.0 Å². The fourth-order valence-electron chi connectivity index (χ4n) is 3.08. The van der Waals surface area contributed by atoms with Gasteiger partial charge in [-0.15, -0.1) is 22.7 Å². The zero-order valence-electron chi connectivity index (χ0n) is 14.1. The molecule has 1 aliphatic carbocycles. The second-order valence-electron chi connectivity index (χ2n) is 6.19. The van der Waals surface area contributed by atoms with Crippen LogP contribution in [0.5, 0.6) is 0 Å². The Morgan fingerprint density at radius 2 is 2.04 bits per heavy atom. The summed E-state index contributed by atoms with van der Waals surface area (Å²) in [6.07, 6.45) is 4.32. The van der Waals surface area contributed by atoms with Gasteiger partial charge in [0.1, 0.15) is 14.9 Å². The van der Waals surface area contributed by atoms with Crippen LogP contribution in [0.15, 0.2) is 15.7 Å². The van der Waals surface area contributed by atoms with Gasteiger partial charge in [0.15, 0.2) is 12.4 Å². The van der Waals surface area contributed by atoms with Crippen molar-refractivity contribution in [3.8, 4) is 0 Å². The van der Waals surface area contributed by atoms with Gasteiger partial charge in [0.2, 0.25) is 10.0 Å². The molecule has 4 rings (SSSR count). The Labute approximate surface area is 163 Å². The lowest BCUT2D eigenvalue weighted by atomic mass is 9.97. The molecule has 8 nitrogen and oxygen atoms in total. The number of sulfonamides is 1. The topological polar surface area (TPSA) is 138 Å². The average molecular weight is 425 g/mol. The Kier molecular flexibility index (Phi) is 4.62. The molecule has 1 aliphatic rings. The zero-order chi connectivity index (χ0) is 19.2. The van der Waals surface area contributed by atoms with E-state index in [1.54, 1.807) is 11.3 Å². The molecule has 0 fully saturated rings. The maximum Gasteiger partial charge on any atom is 0.339 e. The van der Waals surface area contributed by atoms with E-state index in [2.05, 4.69) is 9.97 Å². The summed E-state index contributed by atoms with van der Waals surface area (Å²) in [5, 5.41) is 7.34. The first kappa shape index (κ1) is 18.3. The fraction of sp³-hybridized carbons (Fsp3) is 0.312. The minimum Gasteiger partial charge on any atom is -0.454 e. The van der Waals surface area contributed by atoms with Crippen LogP contribution in [0.25, 0.3) is 10.2 Å². The van der Waals surface area contributed by atoms with E-state index in [0.29, 0.717) is 11.6 Å². The summed E-state index contributed by atoms with van der Waals surface area (Å²) >= 11 is 2.48. The van der Waals surface area contributed by atoms with Crippen molar-refractivity contribution >= 4 is 54.7 Å². The zero-order valence-corrected chi connectivity index (χ0v) is 16.5. The van der Waals surface area contributed by atoms with Crippen LogP contribution in [0.2, 0.25) is 0 Å². The predicted octanol–water partition coefficient (Wildman–Crippen LogP) is 2.22. The molecule has 11 heteroatoms. The fourth-order valence-corrected chi connectivity index (χ4v) is 5.94. The van der Waals surface area contributed by atoms with Crippen molar-refractivity contribution in [1.29, 1.82) is 0 Å². The van der Waals surface area contributed by atoms with Crippen LogP contribution in [0.1, 0.15) is 39.5 Å². The van der Waals surface area contributed by atoms with E-state index in [0.717, 1.165) is 40.8 Å². The highest BCUT2D eigenvalue weighted by atomic mass is 32.2. The number of nitrogens with two attached hydrogens (primary N) is 2. The SMILES string of the molecule is Nc1nc(COC(=O)c2csc(S(N)(=O)=O)c2)nc2sc3c(c12)CCCC3. The van der Waals surface area contributed by atoms with Gasteiger partial charge in [-0.05, 0) is 37.3 Å². The minimum atomic E-state index is -3.84. The number of aryl methyl sites for hydroxylation is 2. The van der Waals surface area contributed by atoms with Crippen molar-refractivity contribution in [1.82, 2.24) is 9.97 Å². The third-order valence-corrected chi connectivity index (χ3v) is 7.88. The number of anilines is 1. The first-order chi connectivity index (χ1) is 12.8. The predicted molar refractivity (Wildman–Crippen MR) is 103 cm³/mol. The molecule has 27 heavy (non-hydrogen) atoms. The minimum absolute atomic E-state index is 0.0967. The molecule has 0 aromatic carbocycles. The summed E-state index contributed by atoms with van der Waals surface area (Å²) in [7, 11) is -3.84. The standard InChI is InChI=1S/C16H16N4O4S3/c17-14-13-9-3-1-2-4-10(9)26-15(13)20-11(19-14)6-24-16(21)8-5-12(25-7-8)27(18,22)23/h5,7H,1-4,6H2,(H2,17,19,20)(H2,18,22,23). The second kappa shape index (κ2) is 6.82. The highest BCUT2D eigenvalue weighted by molar-refractivity contribution is 7.91. The molecule has 0 aliphatic heterocycles. The summed E-state index contributed by atoms with van der Waals surface area (Å²) in [6.45, 7) is -0.151. The Bertz CT molecular complexity index is 1150. The molecule has 0 radical (unpaired) electrons. The molecular formula is C16H16N4O4S3. The normalized spacial score (nSPS) is 14.3. The molecule has 142 valence electrons. The van der Waals surface area contributed by atoms with Crippen LogP contribution in [-0.4, -0.2) is 24.4 Å². The number of rotatable bonds is 4. The second-order valence-corrected chi connectivity index (χ2v) is 9.97. The number of carbonyl (C=O) groups excluding carboxylic acids is 1. The van der Waals surface area contributed by atoms with Gasteiger partial charge in [-0.3, -0.25) is 0 Å². The molecule has 0 spiro atoms. The van der Waals surface area contributed by atoms with Crippen LogP contribution < -0.4 is 10.9 Å². The molecule has 0 amide bonds. The van der Waals surface area contributed by atoms with E-state index in [4.69, 9.17) is 15.6 Å². The highest BCUT2D eigenvalue weighted by Gasteiger charge is 2.21. The maximum absolute atomic E-state index is 12.1. The Morgan fingerprint density at radius 1 is 1.26 bits per heavy atom. The number of esters is 1. The summed E-state index contributed by atoms with van der Waals surface area (Å²) in [6, 6.07) is 1.19. The van der Waals surface area contributed by atoms with Crippen molar-refractivity contribution in [2.45, 2.75) is 36.5 Å². The van der Waals surface area contributed by atoms with E-state index in [1.165, 1.54) is 28.3 Å².